The third kappa shape index (κ3) is 4.38. The van der Waals surface area contributed by atoms with Crippen molar-refractivity contribution in [3.63, 3.8) is 0 Å². The minimum atomic E-state index is 1.05. The molecule has 0 heterocycles. The zero-order chi connectivity index (χ0) is 7.78. The van der Waals surface area contributed by atoms with E-state index >= 15 is 0 Å². The molecule has 11 heavy (non-hydrogen) atoms. The van der Waals surface area contributed by atoms with E-state index in [0.717, 1.165) is 19.3 Å². The maximum Gasteiger partial charge on any atom is -0.0166 e. The molecule has 0 saturated carbocycles. The summed E-state index contributed by atoms with van der Waals surface area (Å²) in [5, 5.41) is 0. The van der Waals surface area contributed by atoms with Crippen molar-refractivity contribution >= 4 is 0 Å². The lowest BCUT2D eigenvalue weighted by atomic mass is 10.3. The van der Waals surface area contributed by atoms with Crippen molar-refractivity contribution in [3.05, 3.63) is 48.6 Å². The van der Waals surface area contributed by atoms with Crippen molar-refractivity contribution in [1.82, 2.24) is 0 Å². The topological polar surface area (TPSA) is 0 Å². The molecule has 1 aliphatic rings. The Balaban J connectivity index is 2.47. The first kappa shape index (κ1) is 8.06. The standard InChI is InChI=1S/C11H14/c1-2-4-6-8-10-11-9-7-5-3-1/h1-4,7-10H,5-6,11H2/b3-1+,4-2?,9-7-,10-8+. The first-order valence-corrected chi connectivity index (χ1v) is 4.12. The van der Waals surface area contributed by atoms with E-state index in [0.29, 0.717) is 0 Å². The molecule has 0 aromatic rings. The van der Waals surface area contributed by atoms with E-state index in [2.05, 4.69) is 48.6 Å². The van der Waals surface area contributed by atoms with Crippen LogP contribution in [0.15, 0.2) is 48.6 Å². The maximum atomic E-state index is 2.20. The molecule has 0 heteroatoms. The van der Waals surface area contributed by atoms with Gasteiger partial charge in [0.15, 0.2) is 0 Å². The van der Waals surface area contributed by atoms with E-state index in [1.165, 1.54) is 0 Å². The maximum absolute atomic E-state index is 2.20. The monoisotopic (exact) mass is 146 g/mol. The largest absolute Gasteiger partial charge is 0.0844 e. The van der Waals surface area contributed by atoms with E-state index in [-0.39, 0.29) is 0 Å². The summed E-state index contributed by atoms with van der Waals surface area (Å²) in [6.07, 6.45) is 20.5. The van der Waals surface area contributed by atoms with Gasteiger partial charge in [0.05, 0.1) is 0 Å². The molecule has 0 aromatic carbocycles. The minimum Gasteiger partial charge on any atom is -0.0844 e. The van der Waals surface area contributed by atoms with Crippen LogP contribution in [-0.2, 0) is 0 Å². The molecular formula is C11H14. The predicted molar refractivity (Wildman–Crippen MR) is 50.4 cm³/mol. The Hall–Kier alpha value is -1.04. The highest BCUT2D eigenvalue weighted by Gasteiger charge is 1.75. The van der Waals surface area contributed by atoms with Crippen LogP contribution in [0.3, 0.4) is 0 Å². The van der Waals surface area contributed by atoms with Crippen molar-refractivity contribution in [1.29, 1.82) is 0 Å². The molecule has 0 nitrogen and oxygen atoms in total. The van der Waals surface area contributed by atoms with E-state index in [9.17, 15) is 0 Å². The summed E-state index contributed by atoms with van der Waals surface area (Å²) in [5.41, 5.74) is 0. The second-order valence-corrected chi connectivity index (χ2v) is 2.51. The van der Waals surface area contributed by atoms with Crippen LogP contribution < -0.4 is 0 Å². The lowest BCUT2D eigenvalue weighted by Gasteiger charge is -1.80. The van der Waals surface area contributed by atoms with Crippen LogP contribution in [0.1, 0.15) is 19.3 Å². The Morgan fingerprint density at radius 1 is 0.455 bits per heavy atom. The Labute approximate surface area is 68.6 Å². The third-order valence-electron chi connectivity index (χ3n) is 1.53. The molecule has 0 radical (unpaired) electrons. The van der Waals surface area contributed by atoms with Crippen LogP contribution in [0, 0.1) is 0 Å². The molecule has 0 spiro atoms. The molecule has 1 aliphatic carbocycles. The van der Waals surface area contributed by atoms with Gasteiger partial charge >= 0.3 is 0 Å². The summed E-state index contributed by atoms with van der Waals surface area (Å²) in [7, 11) is 0. The molecule has 1 rings (SSSR count). The SMILES string of the molecule is C1=CC/C=C/C/C=C\C/C=C/1. The second-order valence-electron chi connectivity index (χ2n) is 2.51. The molecule has 0 unspecified atom stereocenters. The highest BCUT2D eigenvalue weighted by atomic mass is 13.8. The summed E-state index contributed by atoms with van der Waals surface area (Å²) >= 11 is 0. The Morgan fingerprint density at radius 2 is 0.818 bits per heavy atom. The van der Waals surface area contributed by atoms with Crippen LogP contribution in [0.4, 0.5) is 0 Å². The molecule has 0 aliphatic heterocycles. The fourth-order valence-corrected chi connectivity index (χ4v) is 0.935. The highest BCUT2D eigenvalue weighted by molar-refractivity contribution is 5.08. The molecule has 0 bridgehead atoms. The van der Waals surface area contributed by atoms with E-state index in [1.807, 2.05) is 0 Å². The van der Waals surface area contributed by atoms with Gasteiger partial charge in [0, 0.05) is 0 Å². The molecular weight excluding hydrogens is 132 g/mol. The van der Waals surface area contributed by atoms with Gasteiger partial charge in [0.1, 0.15) is 0 Å². The number of hydrogen-bond donors (Lipinski definition) is 0. The van der Waals surface area contributed by atoms with Crippen LogP contribution in [0.2, 0.25) is 0 Å². The van der Waals surface area contributed by atoms with Gasteiger partial charge in [0.25, 0.3) is 0 Å². The minimum absolute atomic E-state index is 1.05. The van der Waals surface area contributed by atoms with Gasteiger partial charge in [-0.15, -0.1) is 0 Å². The summed E-state index contributed by atoms with van der Waals surface area (Å²) in [6.45, 7) is 0. The van der Waals surface area contributed by atoms with Crippen molar-refractivity contribution in [2.45, 2.75) is 19.3 Å². The van der Waals surface area contributed by atoms with Gasteiger partial charge in [-0.25, -0.2) is 0 Å². The molecule has 0 aromatic heterocycles. The third-order valence-corrected chi connectivity index (χ3v) is 1.53. The molecule has 0 atom stereocenters. The smallest absolute Gasteiger partial charge is 0.0166 e. The quantitative estimate of drug-likeness (QED) is 0.459. The zero-order valence-corrected chi connectivity index (χ0v) is 6.74. The average molecular weight is 146 g/mol. The van der Waals surface area contributed by atoms with E-state index < -0.39 is 0 Å². The van der Waals surface area contributed by atoms with Crippen LogP contribution in [-0.4, -0.2) is 0 Å². The molecule has 0 N–H and O–H groups in total. The fourth-order valence-electron chi connectivity index (χ4n) is 0.935. The van der Waals surface area contributed by atoms with Crippen LogP contribution in [0.25, 0.3) is 0 Å². The normalized spacial score (nSPS) is 26.9. The lowest BCUT2D eigenvalue weighted by Crippen LogP contribution is -1.59. The summed E-state index contributed by atoms with van der Waals surface area (Å²) in [4.78, 5) is 0. The first-order chi connectivity index (χ1) is 5.50. The van der Waals surface area contributed by atoms with Crippen molar-refractivity contribution in [2.75, 3.05) is 0 Å². The molecule has 0 amide bonds. The van der Waals surface area contributed by atoms with E-state index in [4.69, 9.17) is 0 Å². The summed E-state index contributed by atoms with van der Waals surface area (Å²) in [5.74, 6) is 0. The van der Waals surface area contributed by atoms with Crippen LogP contribution >= 0.6 is 0 Å². The van der Waals surface area contributed by atoms with Gasteiger partial charge in [-0.1, -0.05) is 48.6 Å². The summed E-state index contributed by atoms with van der Waals surface area (Å²) in [6, 6.07) is 0. The molecule has 58 valence electrons. The fraction of sp³-hybridized carbons (Fsp3) is 0.273. The second kappa shape index (κ2) is 5.72. The first-order valence-electron chi connectivity index (χ1n) is 4.12. The van der Waals surface area contributed by atoms with Gasteiger partial charge < -0.3 is 0 Å². The zero-order valence-electron chi connectivity index (χ0n) is 6.74. The average Bonchev–Trinajstić information content (AvgIpc) is 2.08. The number of rotatable bonds is 0. The molecule has 0 fully saturated rings. The Kier molecular flexibility index (Phi) is 4.19. The van der Waals surface area contributed by atoms with Crippen molar-refractivity contribution < 1.29 is 0 Å². The van der Waals surface area contributed by atoms with Gasteiger partial charge in [-0.2, -0.15) is 0 Å². The van der Waals surface area contributed by atoms with Crippen LogP contribution in [0.5, 0.6) is 0 Å². The van der Waals surface area contributed by atoms with Gasteiger partial charge in [-0.3, -0.25) is 0 Å². The lowest BCUT2D eigenvalue weighted by molar-refractivity contribution is 1.29. The Morgan fingerprint density at radius 3 is 1.27 bits per heavy atom. The summed E-state index contributed by atoms with van der Waals surface area (Å²) < 4.78 is 0. The predicted octanol–water partition coefficient (Wildman–Crippen LogP) is 3.40. The molecule has 0 saturated heterocycles. The van der Waals surface area contributed by atoms with Crippen molar-refractivity contribution in [3.8, 4) is 0 Å². The number of allylic oxidation sites excluding steroid dienone is 8. The number of hydrogen-bond acceptors (Lipinski definition) is 0. The van der Waals surface area contributed by atoms with Gasteiger partial charge in [0.2, 0.25) is 0 Å². The highest BCUT2D eigenvalue weighted by Crippen LogP contribution is 1.96. The van der Waals surface area contributed by atoms with E-state index in [1.54, 1.807) is 0 Å². The van der Waals surface area contributed by atoms with Crippen molar-refractivity contribution in [2.24, 2.45) is 0 Å². The van der Waals surface area contributed by atoms with Gasteiger partial charge in [-0.05, 0) is 19.3 Å². The Bertz CT molecular complexity index is 170.